The Morgan fingerprint density at radius 2 is 1.67 bits per heavy atom. The molecule has 3 aromatic rings. The third kappa shape index (κ3) is 3.84. The fourth-order valence-corrected chi connectivity index (χ4v) is 3.34. The van der Waals surface area contributed by atoms with Crippen LogP contribution < -0.4 is 0 Å². The van der Waals surface area contributed by atoms with E-state index in [1.165, 1.54) is 24.3 Å². The van der Waals surface area contributed by atoms with E-state index in [4.69, 9.17) is 11.6 Å². The number of hydrogen-bond acceptors (Lipinski definition) is 3. The van der Waals surface area contributed by atoms with Gasteiger partial charge in [0.15, 0.2) is 9.84 Å². The summed E-state index contributed by atoms with van der Waals surface area (Å²) >= 11 is 5.80. The summed E-state index contributed by atoms with van der Waals surface area (Å²) in [5.41, 5.74) is -0.932. The molecule has 0 saturated heterocycles. The van der Waals surface area contributed by atoms with Gasteiger partial charge in [0.05, 0.1) is 11.4 Å². The maximum Gasteiger partial charge on any atom is 0.282 e. The normalized spacial score (nSPS) is 12.0. The van der Waals surface area contributed by atoms with Crippen LogP contribution in [0, 0.1) is 11.6 Å². The highest BCUT2D eigenvalue weighted by Crippen LogP contribution is 2.32. The zero-order valence-corrected chi connectivity index (χ0v) is 15.2. The van der Waals surface area contributed by atoms with Crippen LogP contribution in [0.15, 0.2) is 47.4 Å². The van der Waals surface area contributed by atoms with Crippen LogP contribution in [0.3, 0.4) is 0 Å². The predicted octanol–water partition coefficient (Wildman–Crippen LogP) is 4.81. The number of hydrogen-bond donors (Lipinski definition) is 0. The fraction of sp³-hybridized carbons (Fsp3) is 0.118. The van der Waals surface area contributed by atoms with Gasteiger partial charge in [0.1, 0.15) is 22.2 Å². The summed E-state index contributed by atoms with van der Waals surface area (Å²) in [7, 11) is -4.00. The summed E-state index contributed by atoms with van der Waals surface area (Å²) in [6.07, 6.45) is -2.21. The van der Waals surface area contributed by atoms with Gasteiger partial charge in [-0.2, -0.15) is 5.10 Å². The quantitative estimate of drug-likeness (QED) is 0.571. The summed E-state index contributed by atoms with van der Waals surface area (Å²) in [5, 5.41) is 4.13. The summed E-state index contributed by atoms with van der Waals surface area (Å²) in [6, 6.07) is 7.96. The fourth-order valence-electron chi connectivity index (χ4n) is 2.49. The lowest BCUT2D eigenvalue weighted by molar-refractivity contribution is 0.145. The van der Waals surface area contributed by atoms with Gasteiger partial charge >= 0.3 is 0 Å². The molecule has 4 nitrogen and oxygen atoms in total. The third-order valence-electron chi connectivity index (χ3n) is 3.72. The zero-order chi connectivity index (χ0) is 19.9. The SMILES string of the molecule is CS(=O)(=O)c1cc(F)c(-c2cc(C(F)F)nn2-c2ccc(Cl)cc2)cc1F. The topological polar surface area (TPSA) is 52.0 Å². The number of aromatic nitrogens is 2. The highest BCUT2D eigenvalue weighted by Gasteiger charge is 2.23. The monoisotopic (exact) mass is 418 g/mol. The molecule has 0 N–H and O–H groups in total. The van der Waals surface area contributed by atoms with Crippen LogP contribution in [0.5, 0.6) is 0 Å². The molecular weight excluding hydrogens is 408 g/mol. The van der Waals surface area contributed by atoms with Gasteiger partial charge in [0.2, 0.25) is 0 Å². The second-order valence-corrected chi connectivity index (χ2v) is 8.10. The first kappa shape index (κ1) is 19.4. The average Bonchev–Trinajstić information content (AvgIpc) is 3.01. The predicted molar refractivity (Wildman–Crippen MR) is 92.0 cm³/mol. The van der Waals surface area contributed by atoms with E-state index in [9.17, 15) is 26.0 Å². The lowest BCUT2D eigenvalue weighted by Crippen LogP contribution is -2.05. The number of rotatable bonds is 4. The molecule has 0 amide bonds. The van der Waals surface area contributed by atoms with Crippen molar-refractivity contribution in [3.8, 4) is 16.9 Å². The van der Waals surface area contributed by atoms with E-state index in [0.29, 0.717) is 17.2 Å². The van der Waals surface area contributed by atoms with Crippen molar-refractivity contribution >= 4 is 21.4 Å². The number of sulfone groups is 1. The molecule has 0 radical (unpaired) electrons. The molecular formula is C17H11ClF4N2O2S. The van der Waals surface area contributed by atoms with Crippen molar-refractivity contribution in [2.75, 3.05) is 6.26 Å². The third-order valence-corrected chi connectivity index (χ3v) is 5.08. The number of alkyl halides is 2. The Hall–Kier alpha value is -2.39. The molecule has 1 heterocycles. The van der Waals surface area contributed by atoms with Gasteiger partial charge in [-0.05, 0) is 42.5 Å². The summed E-state index contributed by atoms with van der Waals surface area (Å²) < 4.78 is 79.1. The molecule has 0 unspecified atom stereocenters. The van der Waals surface area contributed by atoms with Crippen LogP contribution in [0.4, 0.5) is 17.6 Å². The van der Waals surface area contributed by atoms with Crippen LogP contribution in [0.2, 0.25) is 5.02 Å². The molecule has 0 aliphatic rings. The first-order valence-corrected chi connectivity index (χ1v) is 9.68. The standard InChI is InChI=1S/C17H11ClF4N2O2S/c1-27(25,26)16-7-12(19)11(6-13(16)20)15-8-14(17(21)22)23-24(15)10-4-2-9(18)3-5-10/h2-8,17H,1H3. The number of halogens is 5. The van der Waals surface area contributed by atoms with Crippen molar-refractivity contribution in [3.63, 3.8) is 0 Å². The minimum atomic E-state index is -4.00. The molecule has 0 fully saturated rings. The average molecular weight is 419 g/mol. The summed E-state index contributed by atoms with van der Waals surface area (Å²) in [5.74, 6) is -2.29. The van der Waals surface area contributed by atoms with Crippen molar-refractivity contribution < 1.29 is 26.0 Å². The Bertz CT molecular complexity index is 1110. The lowest BCUT2D eigenvalue weighted by Gasteiger charge is -2.10. The Morgan fingerprint density at radius 3 is 2.22 bits per heavy atom. The van der Waals surface area contributed by atoms with Gasteiger partial charge in [-0.3, -0.25) is 0 Å². The molecule has 142 valence electrons. The van der Waals surface area contributed by atoms with Gasteiger partial charge in [-0.25, -0.2) is 30.7 Å². The smallest absolute Gasteiger partial charge is 0.233 e. The molecule has 10 heteroatoms. The highest BCUT2D eigenvalue weighted by molar-refractivity contribution is 7.90. The van der Waals surface area contributed by atoms with Gasteiger partial charge < -0.3 is 0 Å². The summed E-state index contributed by atoms with van der Waals surface area (Å²) in [6.45, 7) is 0. The van der Waals surface area contributed by atoms with E-state index in [2.05, 4.69) is 5.10 Å². The maximum atomic E-state index is 14.5. The second-order valence-electron chi connectivity index (χ2n) is 5.68. The van der Waals surface area contributed by atoms with Crippen LogP contribution in [-0.2, 0) is 9.84 Å². The Morgan fingerprint density at radius 1 is 1.04 bits per heavy atom. The minimum Gasteiger partial charge on any atom is -0.233 e. The first-order valence-electron chi connectivity index (χ1n) is 7.41. The molecule has 1 aromatic heterocycles. The van der Waals surface area contributed by atoms with Crippen LogP contribution in [0.25, 0.3) is 16.9 Å². The Kier molecular flexibility index (Phi) is 5.00. The maximum absolute atomic E-state index is 14.5. The molecule has 2 aromatic carbocycles. The molecule has 0 bridgehead atoms. The van der Waals surface area contributed by atoms with E-state index in [1.807, 2.05) is 0 Å². The van der Waals surface area contributed by atoms with Gasteiger partial charge in [-0.1, -0.05) is 11.6 Å². The van der Waals surface area contributed by atoms with E-state index < -0.39 is 44.1 Å². The van der Waals surface area contributed by atoms with Gasteiger partial charge in [-0.15, -0.1) is 0 Å². The van der Waals surface area contributed by atoms with Crippen LogP contribution >= 0.6 is 11.6 Å². The van der Waals surface area contributed by atoms with Crippen LogP contribution in [-0.4, -0.2) is 24.5 Å². The molecule has 0 aliphatic heterocycles. The molecule has 0 aliphatic carbocycles. The molecule has 0 spiro atoms. The van der Waals surface area contributed by atoms with E-state index in [1.54, 1.807) is 0 Å². The van der Waals surface area contributed by atoms with Crippen molar-refractivity contribution in [3.05, 3.63) is 64.8 Å². The molecule has 27 heavy (non-hydrogen) atoms. The minimum absolute atomic E-state index is 0.163. The number of benzene rings is 2. The second kappa shape index (κ2) is 6.97. The van der Waals surface area contributed by atoms with Crippen LogP contribution in [0.1, 0.15) is 12.1 Å². The number of nitrogens with zero attached hydrogens (tertiary/aromatic N) is 2. The summed E-state index contributed by atoms with van der Waals surface area (Å²) in [4.78, 5) is -0.824. The Labute approximate surface area is 156 Å². The first-order chi connectivity index (χ1) is 12.6. The highest BCUT2D eigenvalue weighted by atomic mass is 35.5. The van der Waals surface area contributed by atoms with Gasteiger partial charge in [0.25, 0.3) is 6.43 Å². The van der Waals surface area contributed by atoms with E-state index in [-0.39, 0.29) is 11.4 Å². The van der Waals surface area contributed by atoms with E-state index in [0.717, 1.165) is 17.0 Å². The zero-order valence-electron chi connectivity index (χ0n) is 13.6. The van der Waals surface area contributed by atoms with Crippen molar-refractivity contribution in [1.29, 1.82) is 0 Å². The van der Waals surface area contributed by atoms with E-state index >= 15 is 0 Å². The van der Waals surface area contributed by atoms with Crippen molar-refractivity contribution in [2.24, 2.45) is 0 Å². The van der Waals surface area contributed by atoms with Crippen molar-refractivity contribution in [2.45, 2.75) is 11.3 Å². The van der Waals surface area contributed by atoms with Crippen molar-refractivity contribution in [1.82, 2.24) is 9.78 Å². The molecule has 3 rings (SSSR count). The Balaban J connectivity index is 2.25. The lowest BCUT2D eigenvalue weighted by atomic mass is 10.1. The molecule has 0 saturated carbocycles. The largest absolute Gasteiger partial charge is 0.282 e. The molecule has 0 atom stereocenters. The van der Waals surface area contributed by atoms with Gasteiger partial charge in [0, 0.05) is 16.8 Å².